The van der Waals surface area contributed by atoms with E-state index in [2.05, 4.69) is 15.3 Å². The molecule has 18 heavy (non-hydrogen) atoms. The van der Waals surface area contributed by atoms with Crippen LogP contribution < -0.4 is 5.32 Å². The topological polar surface area (TPSA) is 67.0 Å². The maximum absolute atomic E-state index is 11.6. The number of hydrogen-bond donors (Lipinski definition) is 2. The van der Waals surface area contributed by atoms with E-state index in [9.17, 15) is 4.79 Å². The molecule has 0 spiro atoms. The minimum Gasteiger partial charge on any atom is -0.465 e. The van der Waals surface area contributed by atoms with Crippen LogP contribution >= 0.6 is 0 Å². The van der Waals surface area contributed by atoms with E-state index in [1.54, 1.807) is 18.5 Å². The van der Waals surface area contributed by atoms with Gasteiger partial charge < -0.3 is 15.0 Å². The molecule has 0 fully saturated rings. The molecule has 2 rings (SSSR count). The second kappa shape index (κ2) is 5.97. The van der Waals surface area contributed by atoms with Gasteiger partial charge in [-0.05, 0) is 11.6 Å². The number of benzene rings is 1. The number of carbonyl (C=O) groups excluding carboxylic acids is 1. The van der Waals surface area contributed by atoms with E-state index < -0.39 is 0 Å². The van der Waals surface area contributed by atoms with Gasteiger partial charge in [-0.1, -0.05) is 18.2 Å². The summed E-state index contributed by atoms with van der Waals surface area (Å²) in [4.78, 5) is 18.7. The van der Waals surface area contributed by atoms with Crippen molar-refractivity contribution >= 4 is 5.97 Å². The SMILES string of the molecule is COC(=O)c1ccccc1CNCc1ncc[nH]1. The predicted octanol–water partition coefficient (Wildman–Crippen LogP) is 1.49. The van der Waals surface area contributed by atoms with Gasteiger partial charge in [0.1, 0.15) is 5.82 Å². The van der Waals surface area contributed by atoms with Gasteiger partial charge in [0.25, 0.3) is 0 Å². The number of carbonyl (C=O) groups is 1. The van der Waals surface area contributed by atoms with Crippen LogP contribution in [0.4, 0.5) is 0 Å². The van der Waals surface area contributed by atoms with Gasteiger partial charge in [-0.3, -0.25) is 0 Å². The lowest BCUT2D eigenvalue weighted by atomic mass is 10.1. The molecule has 0 aliphatic heterocycles. The second-order valence-corrected chi connectivity index (χ2v) is 3.79. The van der Waals surface area contributed by atoms with Crippen LogP contribution in [0.25, 0.3) is 0 Å². The first-order valence-electron chi connectivity index (χ1n) is 5.66. The maximum Gasteiger partial charge on any atom is 0.338 e. The highest BCUT2D eigenvalue weighted by molar-refractivity contribution is 5.90. The van der Waals surface area contributed by atoms with E-state index in [4.69, 9.17) is 4.74 Å². The highest BCUT2D eigenvalue weighted by Gasteiger charge is 2.10. The third-order valence-corrected chi connectivity index (χ3v) is 2.59. The molecule has 0 amide bonds. The molecular formula is C13H15N3O2. The average molecular weight is 245 g/mol. The van der Waals surface area contributed by atoms with Crippen molar-refractivity contribution < 1.29 is 9.53 Å². The quantitative estimate of drug-likeness (QED) is 0.783. The number of methoxy groups -OCH3 is 1. The molecule has 0 bridgehead atoms. The number of aromatic amines is 1. The van der Waals surface area contributed by atoms with Gasteiger partial charge in [0.05, 0.1) is 19.2 Å². The number of aromatic nitrogens is 2. The minimum atomic E-state index is -0.314. The molecule has 2 N–H and O–H groups in total. The summed E-state index contributed by atoms with van der Waals surface area (Å²) in [6.07, 6.45) is 3.48. The van der Waals surface area contributed by atoms with Gasteiger partial charge in [0, 0.05) is 18.9 Å². The summed E-state index contributed by atoms with van der Waals surface area (Å²) < 4.78 is 4.74. The zero-order valence-corrected chi connectivity index (χ0v) is 10.1. The van der Waals surface area contributed by atoms with Crippen molar-refractivity contribution in [3.8, 4) is 0 Å². The Morgan fingerprint density at radius 3 is 2.94 bits per heavy atom. The molecule has 0 unspecified atom stereocenters. The fourth-order valence-corrected chi connectivity index (χ4v) is 1.69. The molecule has 1 heterocycles. The Hall–Kier alpha value is -2.14. The van der Waals surface area contributed by atoms with Crippen LogP contribution in [0.5, 0.6) is 0 Å². The predicted molar refractivity (Wildman–Crippen MR) is 66.9 cm³/mol. The number of nitrogens with one attached hydrogen (secondary N) is 2. The van der Waals surface area contributed by atoms with Crippen molar-refractivity contribution in [2.75, 3.05) is 7.11 Å². The van der Waals surface area contributed by atoms with Crippen molar-refractivity contribution in [2.24, 2.45) is 0 Å². The van der Waals surface area contributed by atoms with Crippen molar-refractivity contribution in [1.82, 2.24) is 15.3 Å². The van der Waals surface area contributed by atoms with Crippen LogP contribution in [0.1, 0.15) is 21.7 Å². The van der Waals surface area contributed by atoms with Gasteiger partial charge >= 0.3 is 5.97 Å². The van der Waals surface area contributed by atoms with E-state index in [0.717, 1.165) is 11.4 Å². The summed E-state index contributed by atoms with van der Waals surface area (Å²) >= 11 is 0. The monoisotopic (exact) mass is 245 g/mol. The Kier molecular flexibility index (Phi) is 4.09. The number of ether oxygens (including phenoxy) is 1. The summed E-state index contributed by atoms with van der Waals surface area (Å²) in [5.41, 5.74) is 1.50. The Balaban J connectivity index is 1.98. The summed E-state index contributed by atoms with van der Waals surface area (Å²) in [5.74, 6) is 0.552. The van der Waals surface area contributed by atoms with Gasteiger partial charge in [0.15, 0.2) is 0 Å². The lowest BCUT2D eigenvalue weighted by Gasteiger charge is -2.08. The molecule has 0 atom stereocenters. The van der Waals surface area contributed by atoms with Gasteiger partial charge in [-0.2, -0.15) is 0 Å². The fraction of sp³-hybridized carbons (Fsp3) is 0.231. The first-order valence-corrected chi connectivity index (χ1v) is 5.66. The first kappa shape index (κ1) is 12.3. The lowest BCUT2D eigenvalue weighted by molar-refractivity contribution is 0.0599. The van der Waals surface area contributed by atoms with E-state index in [1.807, 2.05) is 18.2 Å². The molecule has 1 aromatic heterocycles. The maximum atomic E-state index is 11.6. The number of H-pyrrole nitrogens is 1. The number of nitrogens with zero attached hydrogens (tertiary/aromatic N) is 1. The zero-order chi connectivity index (χ0) is 12.8. The molecular weight excluding hydrogens is 230 g/mol. The number of esters is 1. The largest absolute Gasteiger partial charge is 0.465 e. The summed E-state index contributed by atoms with van der Waals surface area (Å²) in [7, 11) is 1.38. The molecule has 0 aliphatic carbocycles. The van der Waals surface area contributed by atoms with Crippen LogP contribution in [0.15, 0.2) is 36.7 Å². The number of hydrogen-bond acceptors (Lipinski definition) is 4. The summed E-state index contributed by atoms with van der Waals surface area (Å²) in [6.45, 7) is 1.22. The number of imidazole rings is 1. The molecule has 0 saturated carbocycles. The van der Waals surface area contributed by atoms with E-state index in [-0.39, 0.29) is 5.97 Å². The van der Waals surface area contributed by atoms with Crippen molar-refractivity contribution in [3.63, 3.8) is 0 Å². The highest BCUT2D eigenvalue weighted by Crippen LogP contribution is 2.09. The van der Waals surface area contributed by atoms with E-state index in [1.165, 1.54) is 7.11 Å². The first-order chi connectivity index (χ1) is 8.81. The van der Waals surface area contributed by atoms with Crippen LogP contribution in [-0.2, 0) is 17.8 Å². The van der Waals surface area contributed by atoms with Gasteiger partial charge in [-0.15, -0.1) is 0 Å². The van der Waals surface area contributed by atoms with Crippen molar-refractivity contribution in [3.05, 3.63) is 53.6 Å². The van der Waals surface area contributed by atoms with E-state index >= 15 is 0 Å². The zero-order valence-electron chi connectivity index (χ0n) is 10.1. The Morgan fingerprint density at radius 2 is 2.22 bits per heavy atom. The van der Waals surface area contributed by atoms with Crippen LogP contribution in [0, 0.1) is 0 Å². The Bertz CT molecular complexity index is 509. The molecule has 94 valence electrons. The Labute approximate surface area is 105 Å². The van der Waals surface area contributed by atoms with Gasteiger partial charge in [0.2, 0.25) is 0 Å². The third-order valence-electron chi connectivity index (χ3n) is 2.59. The van der Waals surface area contributed by atoms with Crippen LogP contribution in [0.3, 0.4) is 0 Å². The number of rotatable bonds is 5. The summed E-state index contributed by atoms with van der Waals surface area (Å²) in [5, 5.41) is 3.22. The van der Waals surface area contributed by atoms with Crippen molar-refractivity contribution in [1.29, 1.82) is 0 Å². The lowest BCUT2D eigenvalue weighted by Crippen LogP contribution is -2.16. The third kappa shape index (κ3) is 2.95. The van der Waals surface area contributed by atoms with Gasteiger partial charge in [-0.25, -0.2) is 9.78 Å². The van der Waals surface area contributed by atoms with Crippen LogP contribution in [0.2, 0.25) is 0 Å². The smallest absolute Gasteiger partial charge is 0.338 e. The molecule has 0 aliphatic rings. The molecule has 5 heteroatoms. The minimum absolute atomic E-state index is 0.314. The average Bonchev–Trinajstić information content (AvgIpc) is 2.92. The fourth-order valence-electron chi connectivity index (χ4n) is 1.69. The van der Waals surface area contributed by atoms with E-state index in [0.29, 0.717) is 18.7 Å². The molecule has 0 radical (unpaired) electrons. The van der Waals surface area contributed by atoms with Crippen molar-refractivity contribution in [2.45, 2.75) is 13.1 Å². The molecule has 0 saturated heterocycles. The molecule has 2 aromatic rings. The normalized spacial score (nSPS) is 10.3. The van der Waals surface area contributed by atoms with Crippen LogP contribution in [-0.4, -0.2) is 23.0 Å². The second-order valence-electron chi connectivity index (χ2n) is 3.79. The Morgan fingerprint density at radius 1 is 1.39 bits per heavy atom. The standard InChI is InChI=1S/C13H15N3O2/c1-18-13(17)11-5-3-2-4-10(11)8-14-9-12-15-6-7-16-12/h2-7,14H,8-9H2,1H3,(H,15,16). The molecule has 5 nitrogen and oxygen atoms in total. The highest BCUT2D eigenvalue weighted by atomic mass is 16.5. The summed E-state index contributed by atoms with van der Waals surface area (Å²) in [6, 6.07) is 7.38. The molecule has 1 aromatic carbocycles.